The Bertz CT molecular complexity index is 888. The van der Waals surface area contributed by atoms with Gasteiger partial charge >= 0.3 is 0 Å². The Kier molecular flexibility index (Phi) is 4.67. The van der Waals surface area contributed by atoms with Gasteiger partial charge in [-0.1, -0.05) is 35.9 Å². The third-order valence-electron chi connectivity index (χ3n) is 3.13. The van der Waals surface area contributed by atoms with Gasteiger partial charge in [0.05, 0.1) is 16.4 Å². The highest BCUT2D eigenvalue weighted by Gasteiger charge is 2.12. The van der Waals surface area contributed by atoms with Crippen LogP contribution in [0.2, 0.25) is 5.02 Å². The number of rotatable bonds is 4. The molecule has 0 radical (unpaired) electrons. The SMILES string of the molecule is O=C(Nc1ccccc1F)c1ccnc(Nc2ccccc2Cl)n1. The van der Waals surface area contributed by atoms with Crippen molar-refractivity contribution in [1.82, 2.24) is 9.97 Å². The largest absolute Gasteiger partial charge is 0.323 e. The van der Waals surface area contributed by atoms with E-state index in [4.69, 9.17) is 11.6 Å². The summed E-state index contributed by atoms with van der Waals surface area (Å²) in [5, 5.41) is 5.91. The summed E-state index contributed by atoms with van der Waals surface area (Å²) in [7, 11) is 0. The zero-order valence-corrected chi connectivity index (χ0v) is 13.1. The smallest absolute Gasteiger partial charge is 0.274 e. The van der Waals surface area contributed by atoms with E-state index >= 15 is 0 Å². The highest BCUT2D eigenvalue weighted by molar-refractivity contribution is 6.33. The molecule has 1 aromatic heterocycles. The normalized spacial score (nSPS) is 10.2. The summed E-state index contributed by atoms with van der Waals surface area (Å²) in [6.07, 6.45) is 1.43. The lowest BCUT2D eigenvalue weighted by Gasteiger charge is -2.08. The average molecular weight is 343 g/mol. The second kappa shape index (κ2) is 7.06. The molecule has 0 saturated carbocycles. The van der Waals surface area contributed by atoms with E-state index < -0.39 is 11.7 Å². The van der Waals surface area contributed by atoms with Crippen LogP contribution in [0.4, 0.5) is 21.7 Å². The van der Waals surface area contributed by atoms with E-state index in [1.165, 1.54) is 24.4 Å². The lowest BCUT2D eigenvalue weighted by atomic mass is 10.3. The summed E-state index contributed by atoms with van der Waals surface area (Å²) in [4.78, 5) is 20.4. The van der Waals surface area contributed by atoms with Crippen LogP contribution in [0.1, 0.15) is 10.5 Å². The monoisotopic (exact) mass is 342 g/mol. The molecule has 0 aliphatic carbocycles. The van der Waals surface area contributed by atoms with Crippen molar-refractivity contribution < 1.29 is 9.18 Å². The first kappa shape index (κ1) is 15.9. The molecule has 0 unspecified atom stereocenters. The Hall–Kier alpha value is -2.99. The van der Waals surface area contributed by atoms with E-state index in [-0.39, 0.29) is 17.3 Å². The van der Waals surface area contributed by atoms with Crippen molar-refractivity contribution in [2.45, 2.75) is 0 Å². The molecule has 0 bridgehead atoms. The van der Waals surface area contributed by atoms with E-state index in [9.17, 15) is 9.18 Å². The van der Waals surface area contributed by atoms with E-state index in [2.05, 4.69) is 20.6 Å². The lowest BCUT2D eigenvalue weighted by molar-refractivity contribution is 0.102. The van der Waals surface area contributed by atoms with Crippen LogP contribution in [0.5, 0.6) is 0 Å². The van der Waals surface area contributed by atoms with Gasteiger partial charge in [-0.25, -0.2) is 14.4 Å². The van der Waals surface area contributed by atoms with Crippen LogP contribution in [0.3, 0.4) is 0 Å². The van der Waals surface area contributed by atoms with Crippen LogP contribution in [0.25, 0.3) is 0 Å². The second-order valence-corrected chi connectivity index (χ2v) is 5.21. The van der Waals surface area contributed by atoms with Crippen molar-refractivity contribution in [3.8, 4) is 0 Å². The van der Waals surface area contributed by atoms with E-state index in [0.29, 0.717) is 10.7 Å². The highest BCUT2D eigenvalue weighted by Crippen LogP contribution is 2.23. The topological polar surface area (TPSA) is 66.9 Å². The zero-order valence-electron chi connectivity index (χ0n) is 12.3. The van der Waals surface area contributed by atoms with Crippen LogP contribution in [0.15, 0.2) is 60.8 Å². The van der Waals surface area contributed by atoms with Gasteiger partial charge in [0.1, 0.15) is 11.5 Å². The number of halogens is 2. The molecule has 0 spiro atoms. The molecule has 2 N–H and O–H groups in total. The van der Waals surface area contributed by atoms with Crippen molar-refractivity contribution in [2.24, 2.45) is 0 Å². The lowest BCUT2D eigenvalue weighted by Crippen LogP contribution is -2.15. The van der Waals surface area contributed by atoms with Gasteiger partial charge < -0.3 is 10.6 Å². The minimum Gasteiger partial charge on any atom is -0.323 e. The fourth-order valence-corrected chi connectivity index (χ4v) is 2.16. The summed E-state index contributed by atoms with van der Waals surface area (Å²) in [6, 6.07) is 14.4. The van der Waals surface area contributed by atoms with Crippen molar-refractivity contribution in [3.63, 3.8) is 0 Å². The molecule has 3 rings (SSSR count). The molecule has 0 fully saturated rings. The Balaban J connectivity index is 1.79. The maximum atomic E-state index is 13.6. The Labute approximate surface area is 142 Å². The Morgan fingerprint density at radius 3 is 2.46 bits per heavy atom. The van der Waals surface area contributed by atoms with Gasteiger partial charge in [0.25, 0.3) is 5.91 Å². The average Bonchev–Trinajstić information content (AvgIpc) is 2.59. The van der Waals surface area contributed by atoms with Gasteiger partial charge in [-0.15, -0.1) is 0 Å². The van der Waals surface area contributed by atoms with Gasteiger partial charge in [-0.2, -0.15) is 0 Å². The molecule has 3 aromatic rings. The van der Waals surface area contributed by atoms with Gasteiger partial charge in [-0.3, -0.25) is 4.79 Å². The molecule has 0 atom stereocenters. The number of para-hydroxylation sites is 2. The molecule has 120 valence electrons. The van der Waals surface area contributed by atoms with Crippen LogP contribution in [-0.2, 0) is 0 Å². The third-order valence-corrected chi connectivity index (χ3v) is 3.46. The number of anilines is 3. The van der Waals surface area contributed by atoms with Crippen molar-refractivity contribution >= 4 is 34.8 Å². The molecule has 7 heteroatoms. The first-order valence-electron chi connectivity index (χ1n) is 7.04. The van der Waals surface area contributed by atoms with E-state index in [1.807, 2.05) is 6.07 Å². The van der Waals surface area contributed by atoms with Gasteiger partial charge in [0.2, 0.25) is 5.95 Å². The van der Waals surface area contributed by atoms with Crippen LogP contribution in [0, 0.1) is 5.82 Å². The van der Waals surface area contributed by atoms with Crippen molar-refractivity contribution in [2.75, 3.05) is 10.6 Å². The fourth-order valence-electron chi connectivity index (χ4n) is 1.98. The number of amides is 1. The van der Waals surface area contributed by atoms with Crippen LogP contribution in [-0.4, -0.2) is 15.9 Å². The number of aromatic nitrogens is 2. The van der Waals surface area contributed by atoms with E-state index in [1.54, 1.807) is 30.3 Å². The van der Waals surface area contributed by atoms with Crippen LogP contribution < -0.4 is 10.6 Å². The molecule has 0 aliphatic heterocycles. The molecule has 1 amide bonds. The first-order chi connectivity index (χ1) is 11.6. The highest BCUT2D eigenvalue weighted by atomic mass is 35.5. The molecule has 0 aliphatic rings. The molecule has 0 saturated heterocycles. The van der Waals surface area contributed by atoms with Gasteiger partial charge in [-0.05, 0) is 30.3 Å². The number of benzene rings is 2. The predicted molar refractivity (Wildman–Crippen MR) is 91.1 cm³/mol. The van der Waals surface area contributed by atoms with Crippen LogP contribution >= 0.6 is 11.6 Å². The molecule has 24 heavy (non-hydrogen) atoms. The maximum absolute atomic E-state index is 13.6. The number of hydrogen-bond donors (Lipinski definition) is 2. The summed E-state index contributed by atoms with van der Waals surface area (Å²) >= 11 is 6.06. The number of carbonyl (C=O) groups is 1. The molecule has 2 aromatic carbocycles. The molecular weight excluding hydrogens is 331 g/mol. The predicted octanol–water partition coefficient (Wildman–Crippen LogP) is 4.27. The quantitative estimate of drug-likeness (QED) is 0.743. The van der Waals surface area contributed by atoms with Crippen molar-refractivity contribution in [1.29, 1.82) is 0 Å². The summed E-state index contributed by atoms with van der Waals surface area (Å²) in [5.41, 5.74) is 0.801. The van der Waals surface area contributed by atoms with E-state index in [0.717, 1.165) is 0 Å². The standard InChI is InChI=1S/C17H12ClFN4O/c18-11-5-1-3-7-13(11)22-17-20-10-9-15(23-17)16(24)21-14-8-4-2-6-12(14)19/h1-10H,(H,21,24)(H,20,22,23). The number of carbonyl (C=O) groups excluding carboxylic acids is 1. The zero-order chi connectivity index (χ0) is 16.9. The number of nitrogens with zero attached hydrogens (tertiary/aromatic N) is 2. The minimum absolute atomic E-state index is 0.0849. The minimum atomic E-state index is -0.537. The van der Waals surface area contributed by atoms with Gasteiger partial charge in [0, 0.05) is 6.20 Å². The first-order valence-corrected chi connectivity index (χ1v) is 7.42. The third kappa shape index (κ3) is 3.67. The molecule has 5 nitrogen and oxygen atoms in total. The summed E-state index contributed by atoms with van der Waals surface area (Å²) in [6.45, 7) is 0. The second-order valence-electron chi connectivity index (χ2n) is 4.80. The summed E-state index contributed by atoms with van der Waals surface area (Å²) < 4.78 is 13.6. The van der Waals surface area contributed by atoms with Crippen molar-refractivity contribution in [3.05, 3.63) is 77.3 Å². The Morgan fingerprint density at radius 1 is 1.00 bits per heavy atom. The maximum Gasteiger partial charge on any atom is 0.274 e. The number of hydrogen-bond acceptors (Lipinski definition) is 4. The van der Waals surface area contributed by atoms with Gasteiger partial charge in [0.15, 0.2) is 0 Å². The molecule has 1 heterocycles. The number of nitrogens with one attached hydrogen (secondary N) is 2. The summed E-state index contributed by atoms with van der Waals surface area (Å²) in [5.74, 6) is -0.844. The Morgan fingerprint density at radius 2 is 1.71 bits per heavy atom. The fraction of sp³-hybridized carbons (Fsp3) is 0. The molecular formula is C17H12ClFN4O.